The molecule has 1 atom stereocenters. The lowest BCUT2D eigenvalue weighted by Crippen LogP contribution is -2.30. The van der Waals surface area contributed by atoms with E-state index in [2.05, 4.69) is 5.10 Å². The van der Waals surface area contributed by atoms with Crippen molar-refractivity contribution in [2.24, 2.45) is 0 Å². The van der Waals surface area contributed by atoms with E-state index in [4.69, 9.17) is 4.74 Å². The maximum absolute atomic E-state index is 13.8. The third-order valence-electron chi connectivity index (χ3n) is 4.05. The van der Waals surface area contributed by atoms with Gasteiger partial charge < -0.3 is 9.84 Å². The summed E-state index contributed by atoms with van der Waals surface area (Å²) in [4.78, 5) is 12.5. The predicted octanol–water partition coefficient (Wildman–Crippen LogP) is 2.12. The monoisotopic (exact) mass is 345 g/mol. The van der Waals surface area contributed by atoms with Gasteiger partial charge in [-0.2, -0.15) is 10.4 Å². The number of hydrogen-bond acceptors (Lipinski definition) is 5. The summed E-state index contributed by atoms with van der Waals surface area (Å²) in [5.74, 6) is -0.536. The average Bonchev–Trinajstić information content (AvgIpc) is 2.62. The number of aliphatic hydroxyl groups is 1. The van der Waals surface area contributed by atoms with Gasteiger partial charge in [0.2, 0.25) is 0 Å². The first-order valence-corrected chi connectivity index (χ1v) is 8.01. The highest BCUT2D eigenvalue weighted by Crippen LogP contribution is 2.22. The number of halogens is 1. The molecule has 0 saturated carbocycles. The van der Waals surface area contributed by atoms with Gasteiger partial charge in [0.15, 0.2) is 11.6 Å². The molecular formula is C18H20FN3O3. The Morgan fingerprint density at radius 1 is 1.40 bits per heavy atom. The fraction of sp³-hybridized carbons (Fsp3) is 0.389. The van der Waals surface area contributed by atoms with Crippen molar-refractivity contribution in [1.82, 2.24) is 9.78 Å². The van der Waals surface area contributed by atoms with Crippen LogP contribution in [0.2, 0.25) is 0 Å². The Hall–Kier alpha value is -2.72. The number of hydrogen-bond donors (Lipinski definition) is 1. The summed E-state index contributed by atoms with van der Waals surface area (Å²) in [6.07, 6.45) is -0.0541. The van der Waals surface area contributed by atoms with Crippen molar-refractivity contribution >= 4 is 0 Å². The number of rotatable bonds is 6. The molecular weight excluding hydrogens is 325 g/mol. The number of benzene rings is 1. The fourth-order valence-electron chi connectivity index (χ4n) is 2.72. The lowest BCUT2D eigenvalue weighted by atomic mass is 10.0. The van der Waals surface area contributed by atoms with Gasteiger partial charge in [0.05, 0.1) is 25.5 Å². The van der Waals surface area contributed by atoms with Gasteiger partial charge >= 0.3 is 0 Å². The van der Waals surface area contributed by atoms with Crippen LogP contribution in [0.25, 0.3) is 0 Å². The molecule has 0 unspecified atom stereocenters. The largest absolute Gasteiger partial charge is 0.494 e. The fourth-order valence-corrected chi connectivity index (χ4v) is 2.72. The minimum Gasteiger partial charge on any atom is -0.494 e. The van der Waals surface area contributed by atoms with Crippen LogP contribution in [0, 0.1) is 17.1 Å². The van der Waals surface area contributed by atoms with Crippen LogP contribution < -0.4 is 10.3 Å². The Morgan fingerprint density at radius 2 is 2.12 bits per heavy atom. The minimum atomic E-state index is -1.14. The number of aromatic nitrogens is 2. The molecule has 0 fully saturated rings. The van der Waals surface area contributed by atoms with E-state index in [1.54, 1.807) is 0 Å². The standard InChI is InChI=1S/C18H20FN3O3/c1-4-12-13(9-20)18(24)22(21-15(12)5-2)10-16(23)11-6-7-17(25-3)14(19)8-11/h6-8,16,23H,4-5,10H2,1-3H3/t16-/m0/s1. The second kappa shape index (κ2) is 7.90. The van der Waals surface area contributed by atoms with Crippen LogP contribution in [0.4, 0.5) is 4.39 Å². The van der Waals surface area contributed by atoms with E-state index < -0.39 is 17.5 Å². The molecule has 132 valence electrons. The summed E-state index contributed by atoms with van der Waals surface area (Å²) in [7, 11) is 1.35. The van der Waals surface area contributed by atoms with Crippen LogP contribution in [0.5, 0.6) is 5.75 Å². The third kappa shape index (κ3) is 3.69. The summed E-state index contributed by atoms with van der Waals surface area (Å²) in [5.41, 5.74) is 1.07. The molecule has 2 rings (SSSR count). The number of nitrogens with zero attached hydrogens (tertiary/aromatic N) is 3. The van der Waals surface area contributed by atoms with Gasteiger partial charge in [0.1, 0.15) is 11.6 Å². The Morgan fingerprint density at radius 3 is 2.64 bits per heavy atom. The van der Waals surface area contributed by atoms with Crippen molar-refractivity contribution in [3.63, 3.8) is 0 Å². The second-order valence-corrected chi connectivity index (χ2v) is 5.52. The van der Waals surface area contributed by atoms with Crippen LogP contribution in [0.1, 0.15) is 42.3 Å². The molecule has 2 aromatic rings. The molecule has 1 aromatic carbocycles. The summed E-state index contributed by atoms with van der Waals surface area (Å²) < 4.78 is 19.7. The van der Waals surface area contributed by atoms with E-state index in [-0.39, 0.29) is 17.9 Å². The normalized spacial score (nSPS) is 11.8. The first-order chi connectivity index (χ1) is 12.0. The maximum atomic E-state index is 13.8. The number of aryl methyl sites for hydroxylation is 1. The zero-order valence-corrected chi connectivity index (χ0v) is 14.4. The molecule has 1 aromatic heterocycles. The molecule has 7 heteroatoms. The SMILES string of the molecule is CCc1nn(C[C@H](O)c2ccc(OC)c(F)c2)c(=O)c(C#N)c1CC. The first kappa shape index (κ1) is 18.6. The van der Waals surface area contributed by atoms with Crippen molar-refractivity contribution in [2.45, 2.75) is 39.3 Å². The predicted molar refractivity (Wildman–Crippen MR) is 89.9 cm³/mol. The molecule has 0 radical (unpaired) electrons. The van der Waals surface area contributed by atoms with E-state index in [0.29, 0.717) is 29.7 Å². The van der Waals surface area contributed by atoms with Gasteiger partial charge in [-0.25, -0.2) is 9.07 Å². The van der Waals surface area contributed by atoms with Crippen molar-refractivity contribution < 1.29 is 14.2 Å². The molecule has 0 aliphatic rings. The van der Waals surface area contributed by atoms with Crippen molar-refractivity contribution in [1.29, 1.82) is 5.26 Å². The lowest BCUT2D eigenvalue weighted by Gasteiger charge is -2.16. The van der Waals surface area contributed by atoms with E-state index in [1.165, 1.54) is 19.2 Å². The second-order valence-electron chi connectivity index (χ2n) is 5.52. The number of ether oxygens (including phenoxy) is 1. The van der Waals surface area contributed by atoms with Crippen LogP contribution in [0.15, 0.2) is 23.0 Å². The topological polar surface area (TPSA) is 88.1 Å². The Bertz CT molecular complexity index is 871. The molecule has 0 spiro atoms. The zero-order valence-electron chi connectivity index (χ0n) is 14.4. The first-order valence-electron chi connectivity index (χ1n) is 8.01. The van der Waals surface area contributed by atoms with Gasteiger partial charge in [-0.1, -0.05) is 19.9 Å². The van der Waals surface area contributed by atoms with Gasteiger partial charge in [0.25, 0.3) is 5.56 Å². The number of nitriles is 1. The maximum Gasteiger partial charge on any atom is 0.285 e. The molecule has 0 bridgehead atoms. The van der Waals surface area contributed by atoms with Crippen molar-refractivity contribution in [2.75, 3.05) is 7.11 Å². The Balaban J connectivity index is 2.41. The van der Waals surface area contributed by atoms with Crippen LogP contribution >= 0.6 is 0 Å². The minimum absolute atomic E-state index is 0.0439. The van der Waals surface area contributed by atoms with E-state index in [1.807, 2.05) is 19.9 Å². The summed E-state index contributed by atoms with van der Waals surface area (Å²) >= 11 is 0. The summed E-state index contributed by atoms with van der Waals surface area (Å²) in [6, 6.07) is 6.01. The van der Waals surface area contributed by atoms with Gasteiger partial charge in [0, 0.05) is 0 Å². The highest BCUT2D eigenvalue weighted by Gasteiger charge is 2.18. The van der Waals surface area contributed by atoms with Gasteiger partial charge in [-0.3, -0.25) is 4.79 Å². The number of aliphatic hydroxyl groups excluding tert-OH is 1. The zero-order chi connectivity index (χ0) is 18.6. The Kier molecular flexibility index (Phi) is 5.88. The smallest absolute Gasteiger partial charge is 0.285 e. The summed E-state index contributed by atoms with van der Waals surface area (Å²) in [6.45, 7) is 3.57. The van der Waals surface area contributed by atoms with E-state index in [9.17, 15) is 19.6 Å². The van der Waals surface area contributed by atoms with Gasteiger partial charge in [-0.15, -0.1) is 0 Å². The van der Waals surface area contributed by atoms with E-state index >= 15 is 0 Å². The highest BCUT2D eigenvalue weighted by molar-refractivity contribution is 5.38. The molecule has 0 amide bonds. The molecule has 0 saturated heterocycles. The molecule has 0 aliphatic carbocycles. The van der Waals surface area contributed by atoms with Crippen LogP contribution in [0.3, 0.4) is 0 Å². The van der Waals surface area contributed by atoms with Crippen LogP contribution in [-0.4, -0.2) is 22.0 Å². The van der Waals surface area contributed by atoms with Crippen molar-refractivity contribution in [3.8, 4) is 11.8 Å². The molecule has 1 heterocycles. The van der Waals surface area contributed by atoms with Crippen LogP contribution in [-0.2, 0) is 19.4 Å². The molecule has 25 heavy (non-hydrogen) atoms. The van der Waals surface area contributed by atoms with E-state index in [0.717, 1.165) is 10.7 Å². The third-order valence-corrected chi connectivity index (χ3v) is 4.05. The average molecular weight is 345 g/mol. The quantitative estimate of drug-likeness (QED) is 0.866. The molecule has 1 N–H and O–H groups in total. The van der Waals surface area contributed by atoms with Crippen molar-refractivity contribution in [3.05, 3.63) is 56.8 Å². The lowest BCUT2D eigenvalue weighted by molar-refractivity contribution is 0.148. The summed E-state index contributed by atoms with van der Waals surface area (Å²) in [5, 5.41) is 23.9. The molecule has 6 nitrogen and oxygen atoms in total. The number of methoxy groups -OCH3 is 1. The van der Waals surface area contributed by atoms with Gasteiger partial charge in [-0.05, 0) is 36.1 Å². The highest BCUT2D eigenvalue weighted by atomic mass is 19.1. The Labute approximate surface area is 145 Å². The molecule has 0 aliphatic heterocycles.